The highest BCUT2D eigenvalue weighted by Crippen LogP contribution is 2.39. The van der Waals surface area contributed by atoms with Crippen LogP contribution < -0.4 is 0 Å². The fourth-order valence-corrected chi connectivity index (χ4v) is 3.30. The first-order valence-electron chi connectivity index (χ1n) is 8.16. The Hall–Kier alpha value is -1.54. The summed E-state index contributed by atoms with van der Waals surface area (Å²) in [4.78, 5) is 1.27. The Balaban J connectivity index is 2.39. The highest BCUT2D eigenvalue weighted by atomic mass is 32.1. The molecule has 1 N–H and O–H groups in total. The molecule has 1 aromatic heterocycles. The lowest BCUT2D eigenvalue weighted by molar-refractivity contribution is 0.423. The highest BCUT2D eigenvalue weighted by molar-refractivity contribution is 7.10. The third kappa shape index (κ3) is 4.48. The number of hydrogen-bond donors (Lipinski definition) is 1. The third-order valence-corrected chi connectivity index (χ3v) is 4.80. The Bertz CT molecular complexity index is 645. The molecular weight excluding hydrogens is 300 g/mol. The summed E-state index contributed by atoms with van der Waals surface area (Å²) in [5, 5.41) is 12.8. The van der Waals surface area contributed by atoms with E-state index in [0.717, 1.165) is 17.5 Å². The normalized spacial score (nSPS) is 13.0. The number of thiophene rings is 1. The van der Waals surface area contributed by atoms with E-state index in [9.17, 15) is 5.11 Å². The molecule has 0 bridgehead atoms. The molecular formula is C21H28OS. The maximum absolute atomic E-state index is 10.7. The summed E-state index contributed by atoms with van der Waals surface area (Å²) in [7, 11) is 0. The zero-order valence-corrected chi connectivity index (χ0v) is 15.9. The number of hydrogen-bond acceptors (Lipinski definition) is 2. The van der Waals surface area contributed by atoms with Crippen LogP contribution in [-0.2, 0) is 17.3 Å². The first-order chi connectivity index (χ1) is 10.6. The summed E-state index contributed by atoms with van der Waals surface area (Å²) >= 11 is 1.75. The van der Waals surface area contributed by atoms with Crippen molar-refractivity contribution in [2.24, 2.45) is 0 Å². The van der Waals surface area contributed by atoms with Gasteiger partial charge in [0.25, 0.3) is 0 Å². The zero-order valence-electron chi connectivity index (χ0n) is 15.1. The Labute approximate surface area is 144 Å². The van der Waals surface area contributed by atoms with Crippen LogP contribution in [0.5, 0.6) is 5.75 Å². The molecule has 2 rings (SSSR count). The van der Waals surface area contributed by atoms with Gasteiger partial charge in [0, 0.05) is 4.88 Å². The lowest BCUT2D eigenvalue weighted by Gasteiger charge is -2.28. The van der Waals surface area contributed by atoms with Crippen LogP contribution in [-0.4, -0.2) is 5.11 Å². The second-order valence-corrected chi connectivity index (χ2v) is 9.14. The van der Waals surface area contributed by atoms with E-state index >= 15 is 0 Å². The number of phenols is 1. The van der Waals surface area contributed by atoms with Crippen molar-refractivity contribution in [3.05, 3.63) is 57.3 Å². The molecule has 0 atom stereocenters. The van der Waals surface area contributed by atoms with Crippen molar-refractivity contribution >= 4 is 17.4 Å². The van der Waals surface area contributed by atoms with Crippen molar-refractivity contribution in [3.63, 3.8) is 0 Å². The average Bonchev–Trinajstić information content (AvgIpc) is 2.91. The quantitative estimate of drug-likeness (QED) is 0.700. The Morgan fingerprint density at radius 2 is 1.57 bits per heavy atom. The molecule has 0 aliphatic carbocycles. The third-order valence-electron chi connectivity index (χ3n) is 3.96. The van der Waals surface area contributed by atoms with Crippen LogP contribution in [0.1, 0.15) is 63.1 Å². The summed E-state index contributed by atoms with van der Waals surface area (Å²) in [5.41, 5.74) is 3.18. The second kappa shape index (κ2) is 6.52. The molecule has 0 spiro atoms. The molecule has 0 fully saturated rings. The van der Waals surface area contributed by atoms with Crippen LogP contribution in [0.2, 0.25) is 0 Å². The first kappa shape index (κ1) is 17.8. The molecule has 2 heteroatoms. The van der Waals surface area contributed by atoms with Crippen molar-refractivity contribution in [2.75, 3.05) is 0 Å². The van der Waals surface area contributed by atoms with Gasteiger partial charge in [-0.2, -0.15) is 0 Å². The Morgan fingerprint density at radius 1 is 1.00 bits per heavy atom. The van der Waals surface area contributed by atoms with Crippen LogP contribution in [0, 0.1) is 0 Å². The Kier molecular flexibility index (Phi) is 5.05. The van der Waals surface area contributed by atoms with Crippen LogP contribution >= 0.6 is 11.3 Å². The van der Waals surface area contributed by atoms with E-state index in [4.69, 9.17) is 0 Å². The minimum atomic E-state index is -0.0719. The fourth-order valence-electron chi connectivity index (χ4n) is 2.65. The molecule has 124 valence electrons. The van der Waals surface area contributed by atoms with E-state index in [1.807, 2.05) is 0 Å². The van der Waals surface area contributed by atoms with E-state index in [1.54, 1.807) is 11.3 Å². The number of aromatic hydroxyl groups is 1. The minimum absolute atomic E-state index is 0.0719. The molecule has 1 nitrogen and oxygen atoms in total. The lowest BCUT2D eigenvalue weighted by Crippen LogP contribution is -2.17. The van der Waals surface area contributed by atoms with Gasteiger partial charge in [-0.25, -0.2) is 0 Å². The van der Waals surface area contributed by atoms with Crippen molar-refractivity contribution in [3.8, 4) is 5.75 Å². The van der Waals surface area contributed by atoms with Crippen LogP contribution in [0.3, 0.4) is 0 Å². The minimum Gasteiger partial charge on any atom is -0.507 e. The number of rotatable bonds is 3. The molecule has 1 heterocycles. The Morgan fingerprint density at radius 3 is 2.00 bits per heavy atom. The van der Waals surface area contributed by atoms with E-state index in [1.165, 1.54) is 10.4 Å². The number of benzene rings is 1. The van der Waals surface area contributed by atoms with Gasteiger partial charge in [0.1, 0.15) is 5.75 Å². The molecule has 0 unspecified atom stereocenters. The molecule has 1 aromatic carbocycles. The van der Waals surface area contributed by atoms with Crippen molar-refractivity contribution in [2.45, 2.75) is 58.8 Å². The largest absolute Gasteiger partial charge is 0.507 e. The van der Waals surface area contributed by atoms with Gasteiger partial charge in [-0.1, -0.05) is 65.8 Å². The van der Waals surface area contributed by atoms with Gasteiger partial charge in [0.2, 0.25) is 0 Å². The number of phenolic OH excluding ortho intramolecular Hbond substituents is 1. The van der Waals surface area contributed by atoms with Crippen LogP contribution in [0.15, 0.2) is 35.7 Å². The smallest absolute Gasteiger partial charge is 0.123 e. The predicted octanol–water partition coefficient (Wildman–Crippen LogP) is 6.30. The lowest BCUT2D eigenvalue weighted by atomic mass is 9.78. The van der Waals surface area contributed by atoms with E-state index < -0.39 is 0 Å². The number of allylic oxidation sites excluding steroid dienone is 1. The van der Waals surface area contributed by atoms with Gasteiger partial charge in [0.05, 0.1) is 0 Å². The van der Waals surface area contributed by atoms with Gasteiger partial charge in [-0.15, -0.1) is 11.3 Å². The summed E-state index contributed by atoms with van der Waals surface area (Å²) in [5.74, 6) is 0.455. The highest BCUT2D eigenvalue weighted by Gasteiger charge is 2.26. The predicted molar refractivity (Wildman–Crippen MR) is 103 cm³/mol. The van der Waals surface area contributed by atoms with Crippen LogP contribution in [0.25, 0.3) is 6.08 Å². The van der Waals surface area contributed by atoms with E-state index in [-0.39, 0.29) is 10.8 Å². The molecule has 23 heavy (non-hydrogen) atoms. The molecule has 2 aromatic rings. The molecule has 0 aliphatic rings. The summed E-state index contributed by atoms with van der Waals surface area (Å²) in [6, 6.07) is 8.51. The van der Waals surface area contributed by atoms with Crippen LogP contribution in [0.4, 0.5) is 0 Å². The monoisotopic (exact) mass is 328 g/mol. The topological polar surface area (TPSA) is 20.2 Å². The molecule has 0 saturated carbocycles. The standard InChI is InChI=1S/C21H28OS/c1-20(2,3)17-13-15(9-7-10-16-11-8-12-23-16)14-18(19(17)22)21(4,5)6/h7-8,10-14,22H,9H2,1-6H3/b10-7+. The molecule has 0 radical (unpaired) electrons. The first-order valence-corrected chi connectivity index (χ1v) is 9.04. The van der Waals surface area contributed by atoms with Gasteiger partial charge in [-0.3, -0.25) is 0 Å². The second-order valence-electron chi connectivity index (χ2n) is 8.16. The van der Waals surface area contributed by atoms with Crippen molar-refractivity contribution in [1.29, 1.82) is 0 Å². The van der Waals surface area contributed by atoms with E-state index in [2.05, 4.69) is 83.3 Å². The molecule has 0 aliphatic heterocycles. The van der Waals surface area contributed by atoms with Crippen molar-refractivity contribution in [1.82, 2.24) is 0 Å². The maximum Gasteiger partial charge on any atom is 0.123 e. The summed E-state index contributed by atoms with van der Waals surface area (Å²) in [6.07, 6.45) is 5.26. The van der Waals surface area contributed by atoms with Gasteiger partial charge in [0.15, 0.2) is 0 Å². The van der Waals surface area contributed by atoms with Gasteiger partial charge >= 0.3 is 0 Å². The van der Waals surface area contributed by atoms with Gasteiger partial charge < -0.3 is 5.11 Å². The van der Waals surface area contributed by atoms with Gasteiger partial charge in [-0.05, 0) is 51.5 Å². The fraction of sp³-hybridized carbons (Fsp3) is 0.429. The average molecular weight is 329 g/mol. The SMILES string of the molecule is CC(C)(C)c1cc(C/C=C/c2cccs2)cc(C(C)(C)C)c1O. The molecule has 0 amide bonds. The van der Waals surface area contributed by atoms with Crippen molar-refractivity contribution < 1.29 is 5.11 Å². The molecule has 0 saturated heterocycles. The maximum atomic E-state index is 10.7. The zero-order chi connectivity index (χ0) is 17.3. The summed E-state index contributed by atoms with van der Waals surface area (Å²) < 4.78 is 0. The summed E-state index contributed by atoms with van der Waals surface area (Å²) in [6.45, 7) is 12.9. The van der Waals surface area contributed by atoms with E-state index in [0.29, 0.717) is 5.75 Å².